The molecule has 0 spiro atoms. The Balaban J connectivity index is 1.55. The lowest BCUT2D eigenvalue weighted by molar-refractivity contribution is -0.119. The predicted octanol–water partition coefficient (Wildman–Crippen LogP) is 3.39. The molecule has 132 valence electrons. The van der Waals surface area contributed by atoms with Crippen LogP contribution in [0.15, 0.2) is 54.6 Å². The van der Waals surface area contributed by atoms with Crippen LogP contribution in [0.3, 0.4) is 0 Å². The third-order valence-corrected chi connectivity index (χ3v) is 3.88. The largest absolute Gasteiger partial charge is 0.494 e. The van der Waals surface area contributed by atoms with E-state index in [1.807, 2.05) is 49.4 Å². The van der Waals surface area contributed by atoms with E-state index in [9.17, 15) is 4.79 Å². The molecular formula is C20H24N2O2S. The van der Waals surface area contributed by atoms with Gasteiger partial charge in [-0.05, 0) is 49.7 Å². The Morgan fingerprint density at radius 2 is 1.80 bits per heavy atom. The monoisotopic (exact) mass is 356 g/mol. The molecular weight excluding hydrogens is 332 g/mol. The summed E-state index contributed by atoms with van der Waals surface area (Å²) in [4.78, 5) is 11.8. The van der Waals surface area contributed by atoms with Crippen molar-refractivity contribution < 1.29 is 9.53 Å². The first-order valence-electron chi connectivity index (χ1n) is 8.44. The van der Waals surface area contributed by atoms with Gasteiger partial charge in [0.2, 0.25) is 5.91 Å². The van der Waals surface area contributed by atoms with Crippen LogP contribution in [-0.4, -0.2) is 24.2 Å². The number of hydrogen-bond acceptors (Lipinski definition) is 3. The van der Waals surface area contributed by atoms with E-state index in [1.165, 1.54) is 11.1 Å². The molecule has 1 amide bonds. The number of benzene rings is 2. The third kappa shape index (κ3) is 7.81. The van der Waals surface area contributed by atoms with Crippen molar-refractivity contribution in [2.24, 2.45) is 0 Å². The molecule has 0 aliphatic carbocycles. The summed E-state index contributed by atoms with van der Waals surface area (Å²) in [6, 6.07) is 18.0. The number of rotatable bonds is 8. The first-order chi connectivity index (χ1) is 12.1. The highest BCUT2D eigenvalue weighted by atomic mass is 32.1. The van der Waals surface area contributed by atoms with Gasteiger partial charge in [-0.25, -0.2) is 0 Å². The smallest absolute Gasteiger partial charge is 0.226 e. The van der Waals surface area contributed by atoms with Crippen molar-refractivity contribution in [1.29, 1.82) is 0 Å². The molecule has 2 aromatic carbocycles. The highest BCUT2D eigenvalue weighted by molar-refractivity contribution is 7.80. The number of ether oxygens (including phenoxy) is 1. The van der Waals surface area contributed by atoms with E-state index in [0.717, 1.165) is 12.2 Å². The van der Waals surface area contributed by atoms with Crippen LogP contribution < -0.4 is 15.4 Å². The lowest BCUT2D eigenvalue weighted by atomic mass is 10.1. The SMILES string of the molecule is Cc1ccc(OCCCC(=O)NC(=S)NCCc2ccccc2)cc1. The summed E-state index contributed by atoms with van der Waals surface area (Å²) in [5.41, 5.74) is 2.43. The van der Waals surface area contributed by atoms with Crippen LogP contribution in [0.2, 0.25) is 0 Å². The minimum atomic E-state index is -0.0929. The lowest BCUT2D eigenvalue weighted by Gasteiger charge is -2.10. The average Bonchev–Trinajstić information content (AvgIpc) is 2.61. The van der Waals surface area contributed by atoms with E-state index >= 15 is 0 Å². The topological polar surface area (TPSA) is 50.4 Å². The van der Waals surface area contributed by atoms with Gasteiger partial charge in [0.15, 0.2) is 5.11 Å². The van der Waals surface area contributed by atoms with Gasteiger partial charge in [0.1, 0.15) is 5.75 Å². The fourth-order valence-electron chi connectivity index (χ4n) is 2.26. The van der Waals surface area contributed by atoms with Gasteiger partial charge in [-0.3, -0.25) is 4.79 Å². The van der Waals surface area contributed by atoms with Crippen molar-refractivity contribution in [3.63, 3.8) is 0 Å². The van der Waals surface area contributed by atoms with Crippen molar-refractivity contribution in [2.75, 3.05) is 13.2 Å². The van der Waals surface area contributed by atoms with Crippen LogP contribution in [0.1, 0.15) is 24.0 Å². The molecule has 0 bridgehead atoms. The van der Waals surface area contributed by atoms with Gasteiger partial charge in [-0.2, -0.15) is 0 Å². The molecule has 0 radical (unpaired) electrons. The minimum Gasteiger partial charge on any atom is -0.494 e. The molecule has 0 saturated heterocycles. The Kier molecular flexibility index (Phi) is 7.92. The Bertz CT molecular complexity index is 672. The molecule has 0 aliphatic heterocycles. The zero-order chi connectivity index (χ0) is 17.9. The van der Waals surface area contributed by atoms with E-state index in [0.29, 0.717) is 31.1 Å². The van der Waals surface area contributed by atoms with E-state index in [2.05, 4.69) is 22.8 Å². The number of carbonyl (C=O) groups excluding carboxylic acids is 1. The number of carbonyl (C=O) groups is 1. The van der Waals surface area contributed by atoms with Crippen molar-refractivity contribution >= 4 is 23.2 Å². The standard InChI is InChI=1S/C20H24N2O2S/c1-16-9-11-18(12-10-16)24-15-5-8-19(23)22-20(25)21-14-13-17-6-3-2-4-7-17/h2-4,6-7,9-12H,5,8,13-15H2,1H3,(H2,21,22,23,25). The molecule has 0 heterocycles. The molecule has 4 nitrogen and oxygen atoms in total. The highest BCUT2D eigenvalue weighted by Gasteiger charge is 2.04. The van der Waals surface area contributed by atoms with Crippen LogP contribution in [-0.2, 0) is 11.2 Å². The molecule has 0 aliphatic rings. The normalized spacial score (nSPS) is 10.1. The first kappa shape index (κ1) is 18.9. The van der Waals surface area contributed by atoms with Crippen molar-refractivity contribution in [3.8, 4) is 5.75 Å². The zero-order valence-corrected chi connectivity index (χ0v) is 15.3. The second-order valence-electron chi connectivity index (χ2n) is 5.80. The molecule has 25 heavy (non-hydrogen) atoms. The van der Waals surface area contributed by atoms with Crippen LogP contribution in [0, 0.1) is 6.92 Å². The van der Waals surface area contributed by atoms with Crippen LogP contribution >= 0.6 is 12.2 Å². The Morgan fingerprint density at radius 3 is 2.52 bits per heavy atom. The van der Waals surface area contributed by atoms with E-state index in [4.69, 9.17) is 17.0 Å². The number of amides is 1. The summed E-state index contributed by atoms with van der Waals surface area (Å²) in [5.74, 6) is 0.730. The third-order valence-electron chi connectivity index (χ3n) is 3.63. The Labute approximate surface area is 154 Å². The second kappa shape index (κ2) is 10.5. The maximum absolute atomic E-state index is 11.8. The van der Waals surface area contributed by atoms with Gasteiger partial charge in [0.05, 0.1) is 6.61 Å². The molecule has 0 atom stereocenters. The summed E-state index contributed by atoms with van der Waals surface area (Å²) in [6.07, 6.45) is 1.89. The second-order valence-corrected chi connectivity index (χ2v) is 6.21. The lowest BCUT2D eigenvalue weighted by Crippen LogP contribution is -2.40. The van der Waals surface area contributed by atoms with E-state index < -0.39 is 0 Å². The first-order valence-corrected chi connectivity index (χ1v) is 8.85. The molecule has 0 saturated carbocycles. The predicted molar refractivity (Wildman–Crippen MR) is 105 cm³/mol. The maximum Gasteiger partial charge on any atom is 0.226 e. The average molecular weight is 356 g/mol. The number of thiocarbonyl (C=S) groups is 1. The zero-order valence-electron chi connectivity index (χ0n) is 14.5. The van der Waals surface area contributed by atoms with Gasteiger partial charge in [0.25, 0.3) is 0 Å². The molecule has 5 heteroatoms. The van der Waals surface area contributed by atoms with E-state index in [1.54, 1.807) is 0 Å². The fraction of sp³-hybridized carbons (Fsp3) is 0.300. The van der Waals surface area contributed by atoms with Crippen LogP contribution in [0.4, 0.5) is 0 Å². The fourth-order valence-corrected chi connectivity index (χ4v) is 2.47. The number of aryl methyl sites for hydroxylation is 1. The molecule has 2 aromatic rings. The molecule has 0 aromatic heterocycles. The molecule has 2 N–H and O–H groups in total. The maximum atomic E-state index is 11.8. The van der Waals surface area contributed by atoms with Gasteiger partial charge in [-0.1, -0.05) is 48.0 Å². The van der Waals surface area contributed by atoms with Crippen LogP contribution in [0.25, 0.3) is 0 Å². The van der Waals surface area contributed by atoms with Gasteiger partial charge >= 0.3 is 0 Å². The molecule has 0 fully saturated rings. The molecule has 0 unspecified atom stereocenters. The summed E-state index contributed by atoms with van der Waals surface area (Å²) in [6.45, 7) is 3.23. The Morgan fingerprint density at radius 1 is 1.08 bits per heavy atom. The minimum absolute atomic E-state index is 0.0929. The number of hydrogen-bond donors (Lipinski definition) is 2. The van der Waals surface area contributed by atoms with E-state index in [-0.39, 0.29) is 5.91 Å². The number of nitrogens with one attached hydrogen (secondary N) is 2. The van der Waals surface area contributed by atoms with Gasteiger partial charge in [0, 0.05) is 13.0 Å². The van der Waals surface area contributed by atoms with Gasteiger partial charge in [-0.15, -0.1) is 0 Å². The highest BCUT2D eigenvalue weighted by Crippen LogP contribution is 2.11. The van der Waals surface area contributed by atoms with Crippen LogP contribution in [0.5, 0.6) is 5.75 Å². The summed E-state index contributed by atoms with van der Waals surface area (Å²) < 4.78 is 5.60. The van der Waals surface area contributed by atoms with Crippen molar-refractivity contribution in [1.82, 2.24) is 10.6 Å². The van der Waals surface area contributed by atoms with Crippen molar-refractivity contribution in [2.45, 2.75) is 26.2 Å². The summed E-state index contributed by atoms with van der Waals surface area (Å²) >= 11 is 5.14. The van der Waals surface area contributed by atoms with Crippen molar-refractivity contribution in [3.05, 3.63) is 65.7 Å². The quantitative estimate of drug-likeness (QED) is 0.562. The Hall–Kier alpha value is -2.40. The van der Waals surface area contributed by atoms with Gasteiger partial charge < -0.3 is 15.4 Å². The molecule has 2 rings (SSSR count). The summed E-state index contributed by atoms with van der Waals surface area (Å²) in [7, 11) is 0. The summed E-state index contributed by atoms with van der Waals surface area (Å²) in [5, 5.41) is 6.13.